The molecule has 1 aromatic carbocycles. The van der Waals surface area contributed by atoms with Crippen molar-refractivity contribution in [1.82, 2.24) is 5.43 Å². The van der Waals surface area contributed by atoms with Crippen LogP contribution in [0.1, 0.15) is 45.3 Å². The minimum Gasteiger partial charge on any atom is -0.469 e. The van der Waals surface area contributed by atoms with Gasteiger partial charge in [0.25, 0.3) is 5.91 Å². The summed E-state index contributed by atoms with van der Waals surface area (Å²) >= 11 is 0. The van der Waals surface area contributed by atoms with E-state index < -0.39 is 0 Å². The Morgan fingerprint density at radius 1 is 1.14 bits per heavy atom. The Morgan fingerprint density at radius 3 is 2.29 bits per heavy atom. The number of hydrogen-bond donors (Lipinski definition) is 1. The Kier molecular flexibility index (Phi) is 4.26. The molecule has 1 N–H and O–H groups in total. The van der Waals surface area contributed by atoms with Crippen molar-refractivity contribution in [2.24, 2.45) is 5.10 Å². The maximum absolute atomic E-state index is 12.0. The number of nitrogens with zero attached hydrogens (tertiary/aromatic N) is 1. The highest BCUT2D eigenvalue weighted by Gasteiger charge is 2.12. The van der Waals surface area contributed by atoms with Crippen molar-refractivity contribution in [2.75, 3.05) is 0 Å². The van der Waals surface area contributed by atoms with Gasteiger partial charge in [-0.15, -0.1) is 0 Å². The van der Waals surface area contributed by atoms with E-state index in [4.69, 9.17) is 4.42 Å². The molecule has 0 fully saturated rings. The minimum atomic E-state index is -0.261. The molecular formula is C17H20N2O2. The smallest absolute Gasteiger partial charge is 0.274 e. The van der Waals surface area contributed by atoms with Crippen LogP contribution in [0, 0.1) is 27.7 Å². The molecule has 0 bridgehead atoms. The van der Waals surface area contributed by atoms with Gasteiger partial charge in [0.05, 0.1) is 17.5 Å². The molecule has 4 heteroatoms. The summed E-state index contributed by atoms with van der Waals surface area (Å²) in [7, 11) is 0. The molecule has 110 valence electrons. The maximum Gasteiger partial charge on any atom is 0.274 e. The Balaban J connectivity index is 2.23. The molecule has 4 nitrogen and oxygen atoms in total. The molecule has 0 saturated carbocycles. The molecule has 0 saturated heterocycles. The van der Waals surface area contributed by atoms with Crippen molar-refractivity contribution in [3.05, 3.63) is 58.0 Å². The monoisotopic (exact) mass is 284 g/mol. The van der Waals surface area contributed by atoms with Gasteiger partial charge in [0.1, 0.15) is 5.76 Å². The number of furan rings is 1. The van der Waals surface area contributed by atoms with E-state index in [2.05, 4.69) is 43.4 Å². The first-order valence-electron chi connectivity index (χ1n) is 6.87. The SMILES string of the molecule is C/C(=N/NC(=O)c1ccoc1C)c1c(C)cc(C)cc1C. The molecule has 1 heterocycles. The molecule has 0 aliphatic carbocycles. The van der Waals surface area contributed by atoms with Gasteiger partial charge < -0.3 is 4.42 Å². The van der Waals surface area contributed by atoms with E-state index in [1.807, 2.05) is 6.92 Å². The van der Waals surface area contributed by atoms with Crippen molar-refractivity contribution in [3.63, 3.8) is 0 Å². The standard InChI is InChI=1S/C17H20N2O2/c1-10-8-11(2)16(12(3)9-10)13(4)18-19-17(20)15-6-7-21-14(15)5/h6-9H,1-5H3,(H,19,20)/b18-13-. The first kappa shape index (κ1) is 15.0. The average Bonchev–Trinajstić information content (AvgIpc) is 2.81. The highest BCUT2D eigenvalue weighted by Crippen LogP contribution is 2.17. The fraction of sp³-hybridized carbons (Fsp3) is 0.294. The van der Waals surface area contributed by atoms with Gasteiger partial charge in [-0.3, -0.25) is 4.79 Å². The van der Waals surface area contributed by atoms with E-state index in [0.717, 1.165) is 22.4 Å². The topological polar surface area (TPSA) is 54.6 Å². The molecule has 1 aromatic heterocycles. The van der Waals surface area contributed by atoms with Crippen LogP contribution < -0.4 is 5.43 Å². The molecule has 0 unspecified atom stereocenters. The van der Waals surface area contributed by atoms with Crippen molar-refractivity contribution < 1.29 is 9.21 Å². The molecular weight excluding hydrogens is 264 g/mol. The first-order chi connectivity index (χ1) is 9.90. The second-order valence-electron chi connectivity index (χ2n) is 5.30. The summed E-state index contributed by atoms with van der Waals surface area (Å²) in [5.41, 5.74) is 8.48. The van der Waals surface area contributed by atoms with Gasteiger partial charge in [0.15, 0.2) is 0 Å². The largest absolute Gasteiger partial charge is 0.469 e. The van der Waals surface area contributed by atoms with Gasteiger partial charge in [-0.05, 0) is 51.8 Å². The minimum absolute atomic E-state index is 0.261. The molecule has 0 radical (unpaired) electrons. The first-order valence-corrected chi connectivity index (χ1v) is 6.87. The van der Waals surface area contributed by atoms with Gasteiger partial charge in [-0.2, -0.15) is 5.10 Å². The van der Waals surface area contributed by atoms with E-state index in [-0.39, 0.29) is 5.91 Å². The Hall–Kier alpha value is -2.36. The van der Waals surface area contributed by atoms with Crippen LogP contribution in [0.5, 0.6) is 0 Å². The predicted molar refractivity (Wildman–Crippen MR) is 83.8 cm³/mol. The second kappa shape index (κ2) is 5.95. The summed E-state index contributed by atoms with van der Waals surface area (Å²) in [6, 6.07) is 5.87. The summed E-state index contributed by atoms with van der Waals surface area (Å²) in [4.78, 5) is 12.0. The van der Waals surface area contributed by atoms with Crippen LogP contribution in [0.3, 0.4) is 0 Å². The van der Waals surface area contributed by atoms with Crippen LogP contribution in [0.15, 0.2) is 34.0 Å². The Morgan fingerprint density at radius 2 is 1.76 bits per heavy atom. The third-order valence-electron chi connectivity index (χ3n) is 3.47. The van der Waals surface area contributed by atoms with E-state index in [1.54, 1.807) is 13.0 Å². The van der Waals surface area contributed by atoms with Gasteiger partial charge in [0.2, 0.25) is 0 Å². The number of rotatable bonds is 3. The van der Waals surface area contributed by atoms with Crippen LogP contribution in [-0.4, -0.2) is 11.6 Å². The molecule has 2 aromatic rings. The Labute approximate surface area is 124 Å². The zero-order valence-electron chi connectivity index (χ0n) is 13.1. The lowest BCUT2D eigenvalue weighted by Crippen LogP contribution is -2.20. The number of hydrogen-bond acceptors (Lipinski definition) is 3. The average molecular weight is 284 g/mol. The van der Waals surface area contributed by atoms with Gasteiger partial charge in [-0.1, -0.05) is 17.7 Å². The van der Waals surface area contributed by atoms with Crippen LogP contribution in [0.25, 0.3) is 0 Å². The predicted octanol–water partition coefficient (Wildman–Crippen LogP) is 3.67. The van der Waals surface area contributed by atoms with Crippen molar-refractivity contribution in [3.8, 4) is 0 Å². The van der Waals surface area contributed by atoms with Crippen molar-refractivity contribution in [2.45, 2.75) is 34.6 Å². The van der Waals surface area contributed by atoms with Gasteiger partial charge in [-0.25, -0.2) is 5.43 Å². The van der Waals surface area contributed by atoms with E-state index in [0.29, 0.717) is 11.3 Å². The molecule has 21 heavy (non-hydrogen) atoms. The third kappa shape index (κ3) is 3.21. The summed E-state index contributed by atoms with van der Waals surface area (Å²) in [6.07, 6.45) is 1.50. The molecule has 1 amide bonds. The number of benzene rings is 1. The molecule has 0 spiro atoms. The van der Waals surface area contributed by atoms with Crippen LogP contribution in [0.4, 0.5) is 0 Å². The lowest BCUT2D eigenvalue weighted by atomic mass is 9.97. The zero-order chi connectivity index (χ0) is 15.6. The fourth-order valence-electron chi connectivity index (χ4n) is 2.62. The fourth-order valence-corrected chi connectivity index (χ4v) is 2.62. The van der Waals surface area contributed by atoms with Gasteiger partial charge in [0, 0.05) is 5.56 Å². The normalized spacial score (nSPS) is 11.6. The van der Waals surface area contributed by atoms with Crippen molar-refractivity contribution in [1.29, 1.82) is 0 Å². The number of carbonyl (C=O) groups excluding carboxylic acids is 1. The van der Waals surface area contributed by atoms with Crippen LogP contribution in [-0.2, 0) is 0 Å². The lowest BCUT2D eigenvalue weighted by molar-refractivity contribution is 0.0953. The summed E-state index contributed by atoms with van der Waals surface area (Å²) in [6.45, 7) is 9.82. The molecule has 0 aliphatic heterocycles. The van der Waals surface area contributed by atoms with Gasteiger partial charge >= 0.3 is 0 Å². The molecule has 2 rings (SSSR count). The molecule has 0 aliphatic rings. The van der Waals surface area contributed by atoms with Crippen molar-refractivity contribution >= 4 is 11.6 Å². The number of hydrazone groups is 1. The Bertz CT molecular complexity index is 688. The van der Waals surface area contributed by atoms with E-state index >= 15 is 0 Å². The lowest BCUT2D eigenvalue weighted by Gasteiger charge is -2.11. The highest BCUT2D eigenvalue weighted by atomic mass is 16.3. The number of amides is 1. The summed E-state index contributed by atoms with van der Waals surface area (Å²) < 4.78 is 5.12. The second-order valence-corrected chi connectivity index (χ2v) is 5.30. The van der Waals surface area contributed by atoms with Crippen LogP contribution in [0.2, 0.25) is 0 Å². The maximum atomic E-state index is 12.0. The summed E-state index contributed by atoms with van der Waals surface area (Å²) in [5.74, 6) is 0.325. The third-order valence-corrected chi connectivity index (χ3v) is 3.47. The number of nitrogens with one attached hydrogen (secondary N) is 1. The molecule has 0 atom stereocenters. The van der Waals surface area contributed by atoms with Crippen LogP contribution >= 0.6 is 0 Å². The van der Waals surface area contributed by atoms with E-state index in [1.165, 1.54) is 11.8 Å². The summed E-state index contributed by atoms with van der Waals surface area (Å²) in [5, 5.41) is 4.22. The highest BCUT2D eigenvalue weighted by molar-refractivity contribution is 6.03. The zero-order valence-corrected chi connectivity index (χ0v) is 13.1. The van der Waals surface area contributed by atoms with E-state index in [9.17, 15) is 4.79 Å². The number of carbonyl (C=O) groups is 1. The quantitative estimate of drug-likeness (QED) is 0.690. The number of aryl methyl sites for hydroxylation is 4.